The fourth-order valence-electron chi connectivity index (χ4n) is 2.82. The largest absolute Gasteiger partial charge is 0.382 e. The average Bonchev–Trinajstić information content (AvgIpc) is 3.33. The third-order valence-corrected chi connectivity index (χ3v) is 5.21. The first-order chi connectivity index (χ1) is 13.2. The van der Waals surface area contributed by atoms with Gasteiger partial charge in [-0.1, -0.05) is 11.6 Å². The number of nitrogen functional groups attached to an aromatic ring is 1. The summed E-state index contributed by atoms with van der Waals surface area (Å²) in [5, 5.41) is 11.5. The lowest BCUT2D eigenvalue weighted by Gasteiger charge is -2.15. The van der Waals surface area contributed by atoms with E-state index in [1.54, 1.807) is 29.8 Å². The number of fused-ring (bicyclic) bond motifs is 1. The number of nitrogens with one attached hydrogen (secondary N) is 3. The highest BCUT2D eigenvalue weighted by atomic mass is 35.5. The van der Waals surface area contributed by atoms with Crippen LogP contribution < -0.4 is 21.1 Å². The Morgan fingerprint density at radius 2 is 1.96 bits per heavy atom. The molecular weight excluding hydrogens is 402 g/mol. The Hall–Kier alpha value is -2.72. The van der Waals surface area contributed by atoms with Crippen LogP contribution >= 0.6 is 11.6 Å². The number of nitrogens with zero attached hydrogens (tertiary/aromatic N) is 3. The quantitative estimate of drug-likeness (QED) is 0.481. The third-order valence-electron chi connectivity index (χ3n) is 4.30. The number of aromatic nitrogens is 3. The summed E-state index contributed by atoms with van der Waals surface area (Å²) < 4.78 is 27.2. The number of benzene rings is 1. The first-order valence-corrected chi connectivity index (χ1v) is 10.9. The fourth-order valence-corrected chi connectivity index (χ4v) is 3.70. The second-order valence-corrected chi connectivity index (χ2v) is 9.08. The molecule has 9 nitrogen and oxygen atoms in total. The zero-order valence-electron chi connectivity index (χ0n) is 15.3. The molecule has 1 aromatic carbocycles. The van der Waals surface area contributed by atoms with Crippen molar-refractivity contribution in [2.45, 2.75) is 25.8 Å². The number of hydrogen-bond donors (Lipinski definition) is 4. The van der Waals surface area contributed by atoms with Crippen LogP contribution in [-0.2, 0) is 10.0 Å². The molecular formula is C17H20ClN7O2S. The molecule has 4 rings (SSSR count). The zero-order valence-corrected chi connectivity index (χ0v) is 16.9. The summed E-state index contributed by atoms with van der Waals surface area (Å²) in [6.45, 7) is 1.78. The summed E-state index contributed by atoms with van der Waals surface area (Å²) >= 11 is 6.36. The topological polar surface area (TPSA) is 126 Å². The number of nitrogens with two attached hydrogens (primary N) is 1. The number of sulfonamides is 1. The zero-order chi connectivity index (χ0) is 20.1. The van der Waals surface area contributed by atoms with Gasteiger partial charge in [0.15, 0.2) is 11.5 Å². The van der Waals surface area contributed by atoms with Crippen LogP contribution in [0.3, 0.4) is 0 Å². The summed E-state index contributed by atoms with van der Waals surface area (Å²) in [7, 11) is -3.42. The standard InChI is InChI=1S/C17H20ClN7O2S/c1-9-5-11(18)13(6-12(9)24-28(2,26)27)22-16-7-14(21-10-3-4-10)17-20-8-15(19)25(17)23-16/h5-8,10,21,24H,3-4,19H2,1-2H3,(H,22,23). The molecule has 28 heavy (non-hydrogen) atoms. The summed E-state index contributed by atoms with van der Waals surface area (Å²) in [5.41, 5.74) is 9.10. The van der Waals surface area contributed by atoms with Gasteiger partial charge in [0, 0.05) is 12.1 Å². The number of aryl methyl sites for hydroxylation is 1. The van der Waals surface area contributed by atoms with Crippen molar-refractivity contribution in [3.05, 3.63) is 35.0 Å². The Morgan fingerprint density at radius 1 is 1.21 bits per heavy atom. The molecule has 11 heteroatoms. The number of halogens is 1. The van der Waals surface area contributed by atoms with E-state index in [1.165, 1.54) is 0 Å². The van der Waals surface area contributed by atoms with E-state index in [4.69, 9.17) is 17.3 Å². The summed E-state index contributed by atoms with van der Waals surface area (Å²) in [6, 6.07) is 5.58. The van der Waals surface area contributed by atoms with Crippen LogP contribution in [0.1, 0.15) is 18.4 Å². The number of anilines is 5. The Labute approximate surface area is 167 Å². The van der Waals surface area contributed by atoms with Crippen LogP contribution in [-0.4, -0.2) is 35.3 Å². The van der Waals surface area contributed by atoms with Crippen molar-refractivity contribution in [2.75, 3.05) is 27.3 Å². The van der Waals surface area contributed by atoms with Crippen molar-refractivity contribution < 1.29 is 8.42 Å². The Kier molecular flexibility index (Phi) is 4.47. The molecule has 0 bridgehead atoms. The van der Waals surface area contributed by atoms with E-state index < -0.39 is 10.0 Å². The van der Waals surface area contributed by atoms with Gasteiger partial charge in [0.05, 0.1) is 34.5 Å². The normalized spacial score (nSPS) is 14.2. The number of imidazole rings is 1. The summed E-state index contributed by atoms with van der Waals surface area (Å²) in [5.74, 6) is 0.906. The number of rotatable bonds is 6. The highest BCUT2D eigenvalue weighted by Crippen LogP contribution is 2.33. The fraction of sp³-hybridized carbons (Fsp3) is 0.294. The molecule has 0 aliphatic heterocycles. The van der Waals surface area contributed by atoms with E-state index in [0.29, 0.717) is 45.3 Å². The van der Waals surface area contributed by atoms with Crippen LogP contribution in [0.15, 0.2) is 24.4 Å². The van der Waals surface area contributed by atoms with E-state index >= 15 is 0 Å². The molecule has 0 saturated heterocycles. The lowest BCUT2D eigenvalue weighted by molar-refractivity contribution is 0.607. The lowest BCUT2D eigenvalue weighted by Crippen LogP contribution is -2.11. The SMILES string of the molecule is Cc1cc(Cl)c(Nc2cc(NC3CC3)c3ncc(N)n3n2)cc1NS(C)(=O)=O. The molecule has 0 spiro atoms. The summed E-state index contributed by atoms with van der Waals surface area (Å²) in [6.07, 6.45) is 4.87. The lowest BCUT2D eigenvalue weighted by atomic mass is 10.2. The second kappa shape index (κ2) is 6.71. The van der Waals surface area contributed by atoms with Crippen molar-refractivity contribution in [1.29, 1.82) is 0 Å². The molecule has 0 atom stereocenters. The van der Waals surface area contributed by atoms with Gasteiger partial charge in [-0.15, -0.1) is 5.10 Å². The van der Waals surface area contributed by atoms with Crippen LogP contribution in [0.4, 0.5) is 28.7 Å². The maximum Gasteiger partial charge on any atom is 0.229 e. The van der Waals surface area contributed by atoms with E-state index in [0.717, 1.165) is 24.8 Å². The first kappa shape index (κ1) is 18.6. The van der Waals surface area contributed by atoms with Gasteiger partial charge in [-0.2, -0.15) is 4.52 Å². The molecule has 2 heterocycles. The van der Waals surface area contributed by atoms with Gasteiger partial charge in [-0.25, -0.2) is 13.4 Å². The molecule has 0 unspecified atom stereocenters. The third kappa shape index (κ3) is 3.92. The van der Waals surface area contributed by atoms with Gasteiger partial charge in [0.1, 0.15) is 5.82 Å². The molecule has 1 saturated carbocycles. The second-order valence-electron chi connectivity index (χ2n) is 6.93. The van der Waals surface area contributed by atoms with Crippen molar-refractivity contribution in [3.8, 4) is 0 Å². The molecule has 1 fully saturated rings. The van der Waals surface area contributed by atoms with E-state index in [1.807, 2.05) is 6.07 Å². The minimum atomic E-state index is -3.42. The highest BCUT2D eigenvalue weighted by Gasteiger charge is 2.23. The molecule has 5 N–H and O–H groups in total. The van der Waals surface area contributed by atoms with E-state index in [-0.39, 0.29) is 0 Å². The van der Waals surface area contributed by atoms with Crippen LogP contribution in [0.5, 0.6) is 0 Å². The Morgan fingerprint density at radius 3 is 2.64 bits per heavy atom. The smallest absolute Gasteiger partial charge is 0.229 e. The molecule has 2 aromatic heterocycles. The van der Waals surface area contributed by atoms with Crippen molar-refractivity contribution in [3.63, 3.8) is 0 Å². The Bertz CT molecular complexity index is 1170. The molecule has 0 amide bonds. The molecule has 0 radical (unpaired) electrons. The summed E-state index contributed by atoms with van der Waals surface area (Å²) in [4.78, 5) is 4.31. The van der Waals surface area contributed by atoms with Gasteiger partial charge < -0.3 is 16.4 Å². The molecule has 3 aromatic rings. The maximum atomic E-state index is 11.6. The van der Waals surface area contributed by atoms with Crippen molar-refractivity contribution >= 4 is 56.0 Å². The van der Waals surface area contributed by atoms with Gasteiger partial charge in [-0.3, -0.25) is 4.72 Å². The van der Waals surface area contributed by atoms with Gasteiger partial charge in [0.2, 0.25) is 10.0 Å². The van der Waals surface area contributed by atoms with Gasteiger partial charge in [0.25, 0.3) is 0 Å². The monoisotopic (exact) mass is 421 g/mol. The predicted octanol–water partition coefficient (Wildman–Crippen LogP) is 2.96. The van der Waals surface area contributed by atoms with E-state index in [9.17, 15) is 8.42 Å². The number of hydrogen-bond acceptors (Lipinski definition) is 7. The molecule has 1 aliphatic rings. The van der Waals surface area contributed by atoms with Crippen LogP contribution in [0.2, 0.25) is 5.02 Å². The minimum absolute atomic E-state index is 0.409. The van der Waals surface area contributed by atoms with Crippen molar-refractivity contribution in [1.82, 2.24) is 14.6 Å². The molecule has 148 valence electrons. The van der Waals surface area contributed by atoms with Gasteiger partial charge in [-0.05, 0) is 37.5 Å². The van der Waals surface area contributed by atoms with Gasteiger partial charge >= 0.3 is 0 Å². The highest BCUT2D eigenvalue weighted by molar-refractivity contribution is 7.92. The van der Waals surface area contributed by atoms with Crippen LogP contribution in [0, 0.1) is 6.92 Å². The molecule has 1 aliphatic carbocycles. The maximum absolute atomic E-state index is 11.6. The predicted molar refractivity (Wildman–Crippen MR) is 112 cm³/mol. The average molecular weight is 422 g/mol. The van der Waals surface area contributed by atoms with Crippen LogP contribution in [0.25, 0.3) is 5.65 Å². The van der Waals surface area contributed by atoms with E-state index in [2.05, 4.69) is 25.4 Å². The minimum Gasteiger partial charge on any atom is -0.382 e. The Balaban J connectivity index is 1.73. The van der Waals surface area contributed by atoms with Crippen molar-refractivity contribution in [2.24, 2.45) is 0 Å². The first-order valence-electron chi connectivity index (χ1n) is 8.65.